The van der Waals surface area contributed by atoms with E-state index >= 15 is 0 Å². The molecule has 24 heavy (non-hydrogen) atoms. The van der Waals surface area contributed by atoms with Crippen molar-refractivity contribution in [3.63, 3.8) is 0 Å². The summed E-state index contributed by atoms with van der Waals surface area (Å²) in [4.78, 5) is 25.0. The molecule has 0 fully saturated rings. The summed E-state index contributed by atoms with van der Waals surface area (Å²) < 4.78 is 0. The van der Waals surface area contributed by atoms with Crippen molar-refractivity contribution in [2.45, 2.75) is 26.4 Å². The molecule has 0 heterocycles. The van der Waals surface area contributed by atoms with Crippen LogP contribution in [0.5, 0.6) is 0 Å². The molecule has 5 heteroatoms. The highest BCUT2D eigenvalue weighted by molar-refractivity contribution is 5.87. The number of benzene rings is 2. The smallest absolute Gasteiger partial charge is 0.274 e. The molecule has 0 saturated heterocycles. The highest BCUT2D eigenvalue weighted by atomic mass is 16.6. The quantitative estimate of drug-likeness (QED) is 0.453. The molecule has 0 saturated carbocycles. The minimum atomic E-state index is -0.416. The lowest BCUT2D eigenvalue weighted by Crippen LogP contribution is -2.32. The molecule has 5 nitrogen and oxygen atoms in total. The summed E-state index contributed by atoms with van der Waals surface area (Å²) in [6.45, 7) is 3.87. The van der Waals surface area contributed by atoms with E-state index in [9.17, 15) is 14.9 Å². The lowest BCUT2D eigenvalue weighted by atomic mass is 10.0. The lowest BCUT2D eigenvalue weighted by Gasteiger charge is -2.28. The first kappa shape index (κ1) is 17.4. The van der Waals surface area contributed by atoms with Gasteiger partial charge in [0.25, 0.3) is 5.69 Å². The van der Waals surface area contributed by atoms with E-state index in [1.807, 2.05) is 37.3 Å². The minimum Gasteiger partial charge on any atom is -0.328 e. The van der Waals surface area contributed by atoms with E-state index in [2.05, 4.69) is 0 Å². The first-order valence-electron chi connectivity index (χ1n) is 7.75. The van der Waals surface area contributed by atoms with Gasteiger partial charge in [0.2, 0.25) is 5.91 Å². The molecule has 0 aliphatic carbocycles. The fraction of sp³-hybridized carbons (Fsp3) is 0.211. The Bertz CT molecular complexity index is 741. The first-order chi connectivity index (χ1) is 11.5. The Morgan fingerprint density at radius 3 is 2.42 bits per heavy atom. The van der Waals surface area contributed by atoms with Crippen molar-refractivity contribution in [1.82, 2.24) is 4.90 Å². The molecule has 1 amide bonds. The molecule has 0 aromatic heterocycles. The first-order valence-corrected chi connectivity index (χ1v) is 7.75. The van der Waals surface area contributed by atoms with Crippen LogP contribution >= 0.6 is 0 Å². The Labute approximate surface area is 141 Å². The van der Waals surface area contributed by atoms with Gasteiger partial charge in [-0.2, -0.15) is 0 Å². The molecule has 2 aromatic carbocycles. The van der Waals surface area contributed by atoms with Crippen LogP contribution in [0.1, 0.15) is 31.0 Å². The van der Waals surface area contributed by atoms with Gasteiger partial charge in [-0.15, -0.1) is 0 Å². The van der Waals surface area contributed by atoms with Gasteiger partial charge >= 0.3 is 0 Å². The summed E-state index contributed by atoms with van der Waals surface area (Å²) in [7, 11) is 0. The highest BCUT2D eigenvalue weighted by Crippen LogP contribution is 2.26. The molecule has 0 spiro atoms. The van der Waals surface area contributed by atoms with Crippen LogP contribution in [0.2, 0.25) is 0 Å². The Kier molecular flexibility index (Phi) is 5.84. The number of allylic oxidation sites excluding steroid dienone is 1. The van der Waals surface area contributed by atoms with Gasteiger partial charge in [0, 0.05) is 11.6 Å². The molecule has 0 aliphatic heterocycles. The zero-order chi connectivity index (χ0) is 17.5. The van der Waals surface area contributed by atoms with Crippen LogP contribution in [0.25, 0.3) is 0 Å². The number of nitro benzene ring substituents is 1. The average Bonchev–Trinajstić information content (AvgIpc) is 2.60. The average molecular weight is 324 g/mol. The van der Waals surface area contributed by atoms with Crippen molar-refractivity contribution >= 4 is 11.6 Å². The maximum atomic E-state index is 12.5. The van der Waals surface area contributed by atoms with Gasteiger partial charge < -0.3 is 4.90 Å². The predicted octanol–water partition coefficient (Wildman–Crippen LogP) is 4.26. The van der Waals surface area contributed by atoms with E-state index in [0.717, 1.165) is 5.56 Å². The maximum absolute atomic E-state index is 12.5. The molecular weight excluding hydrogens is 304 g/mol. The molecule has 0 aliphatic rings. The molecule has 0 N–H and O–H groups in total. The molecule has 2 rings (SSSR count). The SMILES string of the molecule is C/C=C/C(=O)N(Cc1ccccc1[N+](=O)[O-])[C@@H](C)c1ccccc1. The number of amides is 1. The Hall–Kier alpha value is -2.95. The van der Waals surface area contributed by atoms with E-state index in [4.69, 9.17) is 0 Å². The van der Waals surface area contributed by atoms with E-state index in [0.29, 0.717) is 5.56 Å². The van der Waals surface area contributed by atoms with E-state index in [-0.39, 0.29) is 24.2 Å². The van der Waals surface area contributed by atoms with Crippen molar-refractivity contribution in [1.29, 1.82) is 0 Å². The Morgan fingerprint density at radius 2 is 1.79 bits per heavy atom. The third kappa shape index (κ3) is 4.07. The largest absolute Gasteiger partial charge is 0.328 e. The summed E-state index contributed by atoms with van der Waals surface area (Å²) in [5, 5.41) is 11.2. The second-order valence-corrected chi connectivity index (χ2v) is 5.44. The van der Waals surface area contributed by atoms with Gasteiger partial charge in [-0.1, -0.05) is 54.6 Å². The molecule has 1 atom stereocenters. The van der Waals surface area contributed by atoms with E-state index in [1.165, 1.54) is 12.1 Å². The second-order valence-electron chi connectivity index (χ2n) is 5.44. The van der Waals surface area contributed by atoms with Gasteiger partial charge in [0.1, 0.15) is 0 Å². The zero-order valence-corrected chi connectivity index (χ0v) is 13.8. The van der Waals surface area contributed by atoms with Crippen LogP contribution in [-0.2, 0) is 11.3 Å². The third-order valence-electron chi connectivity index (χ3n) is 3.87. The molecule has 124 valence electrons. The molecule has 0 unspecified atom stereocenters. The topological polar surface area (TPSA) is 63.5 Å². The maximum Gasteiger partial charge on any atom is 0.274 e. The number of nitro groups is 1. The van der Waals surface area contributed by atoms with Crippen molar-refractivity contribution in [2.24, 2.45) is 0 Å². The van der Waals surface area contributed by atoms with Crippen molar-refractivity contribution in [2.75, 3.05) is 0 Å². The number of hydrogen-bond donors (Lipinski definition) is 0. The van der Waals surface area contributed by atoms with Gasteiger partial charge in [-0.3, -0.25) is 14.9 Å². The van der Waals surface area contributed by atoms with Gasteiger partial charge in [0.05, 0.1) is 17.5 Å². The summed E-state index contributed by atoms with van der Waals surface area (Å²) in [5.74, 6) is -0.174. The molecular formula is C19H20N2O3. The van der Waals surface area contributed by atoms with Crippen LogP contribution in [0.15, 0.2) is 66.7 Å². The summed E-state index contributed by atoms with van der Waals surface area (Å²) >= 11 is 0. The van der Waals surface area contributed by atoms with Crippen molar-refractivity contribution in [3.05, 3.63) is 88.0 Å². The van der Waals surface area contributed by atoms with E-state index < -0.39 is 4.92 Å². The lowest BCUT2D eigenvalue weighted by molar-refractivity contribution is -0.385. The predicted molar refractivity (Wildman–Crippen MR) is 93.3 cm³/mol. The van der Waals surface area contributed by atoms with Crippen LogP contribution in [0, 0.1) is 10.1 Å². The number of nitrogens with zero attached hydrogens (tertiary/aromatic N) is 2. The molecule has 2 aromatic rings. The Balaban J connectivity index is 2.38. The fourth-order valence-corrected chi connectivity index (χ4v) is 2.56. The third-order valence-corrected chi connectivity index (χ3v) is 3.87. The number of para-hydroxylation sites is 1. The number of carbonyl (C=O) groups is 1. The van der Waals surface area contributed by atoms with Crippen LogP contribution < -0.4 is 0 Å². The van der Waals surface area contributed by atoms with E-state index in [1.54, 1.807) is 36.1 Å². The number of carbonyl (C=O) groups excluding carboxylic acids is 1. The van der Waals surface area contributed by atoms with Gasteiger partial charge in [-0.05, 0) is 25.5 Å². The van der Waals surface area contributed by atoms with Crippen molar-refractivity contribution in [3.8, 4) is 0 Å². The van der Waals surface area contributed by atoms with Crippen molar-refractivity contribution < 1.29 is 9.72 Å². The minimum absolute atomic E-state index is 0.0241. The molecule has 0 bridgehead atoms. The highest BCUT2D eigenvalue weighted by Gasteiger charge is 2.23. The summed E-state index contributed by atoms with van der Waals surface area (Å²) in [5.41, 5.74) is 1.52. The monoisotopic (exact) mass is 324 g/mol. The van der Waals surface area contributed by atoms with Crippen LogP contribution in [0.4, 0.5) is 5.69 Å². The Morgan fingerprint density at radius 1 is 1.17 bits per heavy atom. The van der Waals surface area contributed by atoms with Crippen LogP contribution in [0.3, 0.4) is 0 Å². The van der Waals surface area contributed by atoms with Gasteiger partial charge in [0.15, 0.2) is 0 Å². The zero-order valence-electron chi connectivity index (χ0n) is 13.8. The fourth-order valence-electron chi connectivity index (χ4n) is 2.56. The van der Waals surface area contributed by atoms with Crippen LogP contribution in [-0.4, -0.2) is 15.7 Å². The standard InChI is InChI=1S/C19H20N2O3/c1-3-9-19(22)20(15(2)16-10-5-4-6-11-16)14-17-12-7-8-13-18(17)21(23)24/h3-13,15H,14H2,1-2H3/b9-3+/t15-/m0/s1. The number of hydrogen-bond acceptors (Lipinski definition) is 3. The summed E-state index contributed by atoms with van der Waals surface area (Å²) in [6, 6.07) is 15.9. The normalized spacial score (nSPS) is 12.1. The molecule has 0 radical (unpaired) electrons. The summed E-state index contributed by atoms with van der Waals surface area (Å²) in [6.07, 6.45) is 3.15. The number of rotatable bonds is 6. The van der Waals surface area contributed by atoms with Gasteiger partial charge in [-0.25, -0.2) is 0 Å². The second kappa shape index (κ2) is 8.06.